The minimum atomic E-state index is -0.354. The maximum atomic E-state index is 14.4. The van der Waals surface area contributed by atoms with Crippen molar-refractivity contribution >= 4 is 11.1 Å². The molecule has 1 atom stereocenters. The number of allylic oxidation sites excluding steroid dienone is 1. The van der Waals surface area contributed by atoms with Crippen molar-refractivity contribution < 1.29 is 4.39 Å². The van der Waals surface area contributed by atoms with Crippen LogP contribution in [0.15, 0.2) is 103 Å². The van der Waals surface area contributed by atoms with Crippen molar-refractivity contribution in [1.29, 1.82) is 0 Å². The first-order valence-corrected chi connectivity index (χ1v) is 10.0. The predicted molar refractivity (Wildman–Crippen MR) is 116 cm³/mol. The van der Waals surface area contributed by atoms with Crippen LogP contribution in [0.5, 0.6) is 0 Å². The molecule has 0 aromatic heterocycles. The second-order valence-corrected chi connectivity index (χ2v) is 7.91. The standard InChI is InChI=1S/C28H19F/c29-22-13-8-12-21(17-22)28-18-20-11-4-5-14-23(20)27(28)26(19-9-2-1-3-10-19)24-15-6-7-16-25(24)28/h1-17H,18H2. The average Bonchev–Trinajstić information content (AvgIpc) is 3.25. The Kier molecular flexibility index (Phi) is 3.43. The maximum absolute atomic E-state index is 14.4. The highest BCUT2D eigenvalue weighted by atomic mass is 19.1. The Bertz CT molecular complexity index is 1280. The zero-order chi connectivity index (χ0) is 19.4. The summed E-state index contributed by atoms with van der Waals surface area (Å²) in [6, 6.07) is 35.1. The van der Waals surface area contributed by atoms with Crippen LogP contribution in [0.1, 0.15) is 33.4 Å². The van der Waals surface area contributed by atoms with E-state index in [0.717, 1.165) is 12.0 Å². The number of fused-ring (bicyclic) bond motifs is 5. The average molecular weight is 374 g/mol. The monoisotopic (exact) mass is 374 g/mol. The number of hydrogen-bond donors (Lipinski definition) is 0. The van der Waals surface area contributed by atoms with Gasteiger partial charge in [-0.15, -0.1) is 0 Å². The van der Waals surface area contributed by atoms with Gasteiger partial charge in [-0.3, -0.25) is 0 Å². The zero-order valence-corrected chi connectivity index (χ0v) is 15.9. The lowest BCUT2D eigenvalue weighted by atomic mass is 9.72. The van der Waals surface area contributed by atoms with Crippen LogP contribution >= 0.6 is 0 Å². The van der Waals surface area contributed by atoms with Gasteiger partial charge < -0.3 is 0 Å². The van der Waals surface area contributed by atoms with Gasteiger partial charge in [-0.25, -0.2) is 4.39 Å². The lowest BCUT2D eigenvalue weighted by molar-refractivity contribution is 0.615. The van der Waals surface area contributed by atoms with Gasteiger partial charge in [0, 0.05) is 0 Å². The van der Waals surface area contributed by atoms with Gasteiger partial charge >= 0.3 is 0 Å². The summed E-state index contributed by atoms with van der Waals surface area (Å²) in [7, 11) is 0. The van der Waals surface area contributed by atoms with Crippen LogP contribution in [-0.4, -0.2) is 0 Å². The SMILES string of the molecule is Fc1cccc(C23Cc4ccccc4C2=C(c2ccccc2)c2ccccc23)c1. The normalized spacial score (nSPS) is 19.1. The molecular weight excluding hydrogens is 355 g/mol. The molecule has 0 nitrogen and oxygen atoms in total. The summed E-state index contributed by atoms with van der Waals surface area (Å²) in [5.41, 5.74) is 9.62. The van der Waals surface area contributed by atoms with Crippen LogP contribution in [0.3, 0.4) is 0 Å². The molecule has 0 aliphatic heterocycles. The second kappa shape index (κ2) is 6.02. The second-order valence-electron chi connectivity index (χ2n) is 7.91. The molecule has 0 bridgehead atoms. The fourth-order valence-electron chi connectivity index (χ4n) is 5.37. The Morgan fingerprint density at radius 3 is 2.21 bits per heavy atom. The van der Waals surface area contributed by atoms with Crippen LogP contribution < -0.4 is 0 Å². The van der Waals surface area contributed by atoms with Crippen LogP contribution in [0, 0.1) is 5.82 Å². The number of hydrogen-bond acceptors (Lipinski definition) is 0. The fourth-order valence-corrected chi connectivity index (χ4v) is 5.37. The molecule has 0 fully saturated rings. The van der Waals surface area contributed by atoms with E-state index in [0.29, 0.717) is 0 Å². The van der Waals surface area contributed by atoms with Crippen LogP contribution in [0.2, 0.25) is 0 Å². The summed E-state index contributed by atoms with van der Waals surface area (Å²) < 4.78 is 14.4. The molecule has 1 heteroatoms. The number of benzene rings is 4. The maximum Gasteiger partial charge on any atom is 0.123 e. The third-order valence-corrected chi connectivity index (χ3v) is 6.46. The van der Waals surface area contributed by atoms with Gasteiger partial charge in [-0.05, 0) is 63.1 Å². The number of halogens is 1. The quantitative estimate of drug-likeness (QED) is 0.369. The molecule has 2 aliphatic rings. The van der Waals surface area contributed by atoms with Crippen LogP contribution in [0.4, 0.5) is 4.39 Å². The summed E-state index contributed by atoms with van der Waals surface area (Å²) in [6.45, 7) is 0. The van der Waals surface area contributed by atoms with Crippen molar-refractivity contribution in [1.82, 2.24) is 0 Å². The zero-order valence-electron chi connectivity index (χ0n) is 15.9. The van der Waals surface area contributed by atoms with Gasteiger partial charge in [0.05, 0.1) is 5.41 Å². The highest BCUT2D eigenvalue weighted by Gasteiger charge is 2.51. The van der Waals surface area contributed by atoms with Crippen LogP contribution in [0.25, 0.3) is 11.1 Å². The third kappa shape index (κ3) is 2.19. The van der Waals surface area contributed by atoms with Crippen molar-refractivity contribution in [2.24, 2.45) is 0 Å². The first-order valence-electron chi connectivity index (χ1n) is 10.0. The lowest BCUT2D eigenvalue weighted by Gasteiger charge is -2.30. The molecule has 0 N–H and O–H groups in total. The van der Waals surface area contributed by atoms with E-state index in [2.05, 4.69) is 84.9 Å². The summed E-state index contributed by atoms with van der Waals surface area (Å²) in [5.74, 6) is -0.183. The minimum Gasteiger partial charge on any atom is -0.207 e. The van der Waals surface area contributed by atoms with E-state index < -0.39 is 0 Å². The Hall–Kier alpha value is -3.45. The highest BCUT2D eigenvalue weighted by molar-refractivity contribution is 6.11. The largest absolute Gasteiger partial charge is 0.207 e. The molecule has 0 amide bonds. The summed E-state index contributed by atoms with van der Waals surface area (Å²) in [4.78, 5) is 0. The van der Waals surface area contributed by atoms with Crippen molar-refractivity contribution in [3.8, 4) is 0 Å². The molecule has 0 saturated heterocycles. The van der Waals surface area contributed by atoms with Crippen LogP contribution in [-0.2, 0) is 11.8 Å². The molecule has 0 spiro atoms. The number of rotatable bonds is 2. The van der Waals surface area contributed by atoms with E-state index in [1.165, 1.54) is 45.0 Å². The summed E-state index contributed by atoms with van der Waals surface area (Å²) in [5, 5.41) is 0. The minimum absolute atomic E-state index is 0.183. The van der Waals surface area contributed by atoms with Gasteiger partial charge in [-0.1, -0.05) is 91.0 Å². The molecule has 0 saturated carbocycles. The fraction of sp³-hybridized carbons (Fsp3) is 0.0714. The molecule has 1 unspecified atom stereocenters. The van der Waals surface area contributed by atoms with E-state index in [4.69, 9.17) is 0 Å². The molecule has 4 aromatic rings. The molecule has 6 rings (SSSR count). The molecular formula is C28H19F. The van der Waals surface area contributed by atoms with Gasteiger partial charge in [0.15, 0.2) is 0 Å². The molecule has 0 radical (unpaired) electrons. The molecule has 4 aromatic carbocycles. The molecule has 138 valence electrons. The van der Waals surface area contributed by atoms with E-state index in [1.807, 2.05) is 6.07 Å². The van der Waals surface area contributed by atoms with E-state index in [1.54, 1.807) is 6.07 Å². The predicted octanol–water partition coefficient (Wildman–Crippen LogP) is 6.64. The lowest BCUT2D eigenvalue weighted by Crippen LogP contribution is -2.26. The van der Waals surface area contributed by atoms with Crippen molar-refractivity contribution in [2.45, 2.75) is 11.8 Å². The Morgan fingerprint density at radius 1 is 0.655 bits per heavy atom. The first-order chi connectivity index (χ1) is 14.3. The van der Waals surface area contributed by atoms with Gasteiger partial charge in [0.2, 0.25) is 0 Å². The van der Waals surface area contributed by atoms with Gasteiger partial charge in [0.25, 0.3) is 0 Å². The van der Waals surface area contributed by atoms with E-state index >= 15 is 0 Å². The van der Waals surface area contributed by atoms with E-state index in [9.17, 15) is 4.39 Å². The summed E-state index contributed by atoms with van der Waals surface area (Å²) >= 11 is 0. The molecule has 29 heavy (non-hydrogen) atoms. The Labute approximate surface area is 170 Å². The van der Waals surface area contributed by atoms with Crippen molar-refractivity contribution in [2.75, 3.05) is 0 Å². The molecule has 0 heterocycles. The Balaban J connectivity index is 1.79. The van der Waals surface area contributed by atoms with Gasteiger partial charge in [0.1, 0.15) is 5.82 Å². The Morgan fingerprint density at radius 2 is 1.38 bits per heavy atom. The van der Waals surface area contributed by atoms with Gasteiger partial charge in [-0.2, -0.15) is 0 Å². The van der Waals surface area contributed by atoms with E-state index in [-0.39, 0.29) is 11.2 Å². The first kappa shape index (κ1) is 16.5. The van der Waals surface area contributed by atoms with Crippen molar-refractivity contribution in [3.63, 3.8) is 0 Å². The molecule has 2 aliphatic carbocycles. The highest BCUT2D eigenvalue weighted by Crippen LogP contribution is 2.61. The third-order valence-electron chi connectivity index (χ3n) is 6.46. The smallest absolute Gasteiger partial charge is 0.123 e. The van der Waals surface area contributed by atoms with Crippen molar-refractivity contribution in [3.05, 3.63) is 142 Å². The summed E-state index contributed by atoms with van der Waals surface area (Å²) in [6.07, 6.45) is 0.856. The topological polar surface area (TPSA) is 0 Å².